The SMILES string of the molecule is C[NH+](C)CC[NH2+][C@H]1CS(=O)(=O)C[C@H]1O. The highest BCUT2D eigenvalue weighted by Crippen LogP contribution is 2.08. The van der Waals surface area contributed by atoms with E-state index < -0.39 is 15.9 Å². The summed E-state index contributed by atoms with van der Waals surface area (Å²) in [5.41, 5.74) is 0. The van der Waals surface area contributed by atoms with E-state index in [1.807, 2.05) is 5.32 Å². The highest BCUT2D eigenvalue weighted by molar-refractivity contribution is 7.91. The molecule has 2 atom stereocenters. The van der Waals surface area contributed by atoms with Gasteiger partial charge < -0.3 is 15.3 Å². The summed E-state index contributed by atoms with van der Waals surface area (Å²) in [6.07, 6.45) is -0.683. The van der Waals surface area contributed by atoms with Crippen LogP contribution in [0.15, 0.2) is 0 Å². The number of aliphatic hydroxyl groups excluding tert-OH is 1. The van der Waals surface area contributed by atoms with Crippen molar-refractivity contribution in [1.82, 2.24) is 0 Å². The lowest BCUT2D eigenvalue weighted by molar-refractivity contribution is -0.877. The summed E-state index contributed by atoms with van der Waals surface area (Å²) < 4.78 is 22.3. The number of quaternary nitrogens is 2. The molecule has 5 nitrogen and oxygen atoms in total. The van der Waals surface area contributed by atoms with Crippen molar-refractivity contribution < 1.29 is 23.7 Å². The number of likely N-dealkylation sites (N-methyl/N-ethyl adjacent to an activating group) is 1. The Morgan fingerprint density at radius 3 is 2.50 bits per heavy atom. The van der Waals surface area contributed by atoms with Gasteiger partial charge in [0, 0.05) is 0 Å². The third-order valence-electron chi connectivity index (χ3n) is 2.48. The Balaban J connectivity index is 2.33. The van der Waals surface area contributed by atoms with Crippen LogP contribution in [0.1, 0.15) is 0 Å². The van der Waals surface area contributed by atoms with E-state index in [4.69, 9.17) is 0 Å². The number of nitrogens with two attached hydrogens (primary N) is 1. The van der Waals surface area contributed by atoms with Crippen molar-refractivity contribution in [3.63, 3.8) is 0 Å². The van der Waals surface area contributed by atoms with Gasteiger partial charge in [-0.1, -0.05) is 0 Å². The zero-order chi connectivity index (χ0) is 10.8. The topological polar surface area (TPSA) is 75.4 Å². The van der Waals surface area contributed by atoms with Crippen LogP contribution in [0.25, 0.3) is 0 Å². The van der Waals surface area contributed by atoms with Crippen molar-refractivity contribution in [2.45, 2.75) is 12.1 Å². The Bertz CT molecular complexity index is 276. The minimum atomic E-state index is -2.98. The second kappa shape index (κ2) is 4.57. The van der Waals surface area contributed by atoms with E-state index in [0.717, 1.165) is 13.1 Å². The lowest BCUT2D eigenvalue weighted by atomic mass is 10.2. The van der Waals surface area contributed by atoms with Crippen molar-refractivity contribution >= 4 is 9.84 Å². The number of hydrogen-bond acceptors (Lipinski definition) is 3. The Labute approximate surface area is 85.0 Å². The molecule has 0 bridgehead atoms. The van der Waals surface area contributed by atoms with Crippen LogP contribution in [0.4, 0.5) is 0 Å². The van der Waals surface area contributed by atoms with E-state index >= 15 is 0 Å². The molecule has 0 radical (unpaired) electrons. The van der Waals surface area contributed by atoms with Crippen LogP contribution in [0.2, 0.25) is 0 Å². The van der Waals surface area contributed by atoms with Gasteiger partial charge in [-0.2, -0.15) is 0 Å². The van der Waals surface area contributed by atoms with Crippen LogP contribution in [0.5, 0.6) is 0 Å². The number of rotatable bonds is 4. The van der Waals surface area contributed by atoms with Gasteiger partial charge in [-0.05, 0) is 0 Å². The van der Waals surface area contributed by atoms with E-state index in [2.05, 4.69) is 14.1 Å². The second-order valence-electron chi connectivity index (χ2n) is 4.29. The number of nitrogens with one attached hydrogen (secondary N) is 1. The molecule has 0 unspecified atom stereocenters. The normalized spacial score (nSPS) is 31.1. The van der Waals surface area contributed by atoms with Crippen molar-refractivity contribution in [3.8, 4) is 0 Å². The highest BCUT2D eigenvalue weighted by Gasteiger charge is 2.38. The van der Waals surface area contributed by atoms with E-state index in [1.165, 1.54) is 4.90 Å². The van der Waals surface area contributed by atoms with Crippen molar-refractivity contribution in [2.24, 2.45) is 0 Å². The van der Waals surface area contributed by atoms with Gasteiger partial charge in [0.2, 0.25) is 0 Å². The molecule has 1 saturated heterocycles. The van der Waals surface area contributed by atoms with Gasteiger partial charge in [0.05, 0.1) is 19.8 Å². The van der Waals surface area contributed by atoms with E-state index in [1.54, 1.807) is 0 Å². The van der Waals surface area contributed by atoms with E-state index in [-0.39, 0.29) is 17.5 Å². The predicted molar refractivity (Wildman–Crippen MR) is 52.9 cm³/mol. The number of aliphatic hydroxyl groups is 1. The van der Waals surface area contributed by atoms with Crippen LogP contribution in [-0.4, -0.2) is 64.4 Å². The highest BCUT2D eigenvalue weighted by atomic mass is 32.2. The van der Waals surface area contributed by atoms with Gasteiger partial charge >= 0.3 is 0 Å². The summed E-state index contributed by atoms with van der Waals surface area (Å²) in [6, 6.07) is -0.153. The molecule has 0 aromatic rings. The molecule has 4 N–H and O–H groups in total. The van der Waals surface area contributed by atoms with Crippen molar-refractivity contribution in [1.29, 1.82) is 0 Å². The maximum atomic E-state index is 11.2. The summed E-state index contributed by atoms with van der Waals surface area (Å²) in [5.74, 6) is 0.0555. The number of sulfone groups is 1. The molecule has 0 aromatic heterocycles. The van der Waals surface area contributed by atoms with Crippen LogP contribution in [0.3, 0.4) is 0 Å². The summed E-state index contributed by atoms with van der Waals surface area (Å²) >= 11 is 0. The standard InChI is InChI=1S/C8H18N2O3S/c1-10(2)4-3-9-7-5-14(12,13)6-8(7)11/h7-9,11H,3-6H2,1-2H3/p+2/t7-,8+/m0/s1. The Morgan fingerprint density at radius 2 is 2.07 bits per heavy atom. The van der Waals surface area contributed by atoms with Crippen molar-refractivity contribution in [2.75, 3.05) is 38.7 Å². The summed E-state index contributed by atoms with van der Waals surface area (Å²) in [6.45, 7) is 1.84. The first-order chi connectivity index (χ1) is 6.41. The first-order valence-electron chi connectivity index (χ1n) is 4.91. The summed E-state index contributed by atoms with van der Waals surface area (Å²) in [4.78, 5) is 1.33. The zero-order valence-electron chi connectivity index (χ0n) is 8.73. The zero-order valence-corrected chi connectivity index (χ0v) is 9.55. The third kappa shape index (κ3) is 3.53. The van der Waals surface area contributed by atoms with Crippen LogP contribution in [-0.2, 0) is 9.84 Å². The molecule has 0 aliphatic carbocycles. The summed E-state index contributed by atoms with van der Waals surface area (Å²) in [7, 11) is 1.12. The van der Waals surface area contributed by atoms with Gasteiger partial charge in [-0.15, -0.1) is 0 Å². The molecule has 1 fully saturated rings. The maximum absolute atomic E-state index is 11.2. The Kier molecular flexibility index (Phi) is 3.88. The van der Waals surface area contributed by atoms with E-state index in [9.17, 15) is 13.5 Å². The maximum Gasteiger partial charge on any atom is 0.159 e. The number of hydrogen-bond donors (Lipinski definition) is 3. The molecular weight excluding hydrogens is 204 g/mol. The first kappa shape index (κ1) is 11.9. The van der Waals surface area contributed by atoms with Gasteiger partial charge in [-0.25, -0.2) is 8.42 Å². The Morgan fingerprint density at radius 1 is 1.43 bits per heavy atom. The minimum absolute atomic E-state index is 0.0665. The molecule has 14 heavy (non-hydrogen) atoms. The molecule has 0 aromatic carbocycles. The molecule has 0 saturated carbocycles. The predicted octanol–water partition coefficient (Wildman–Crippen LogP) is -4.15. The first-order valence-corrected chi connectivity index (χ1v) is 6.74. The van der Waals surface area contributed by atoms with Crippen molar-refractivity contribution in [3.05, 3.63) is 0 Å². The summed E-state index contributed by atoms with van der Waals surface area (Å²) in [5, 5.41) is 11.4. The van der Waals surface area contributed by atoms with Crippen LogP contribution < -0.4 is 10.2 Å². The average Bonchev–Trinajstić information content (AvgIpc) is 2.24. The lowest BCUT2D eigenvalue weighted by Crippen LogP contribution is -3.10. The van der Waals surface area contributed by atoms with Gasteiger partial charge in [0.1, 0.15) is 31.0 Å². The molecule has 1 rings (SSSR count). The van der Waals surface area contributed by atoms with E-state index in [0.29, 0.717) is 0 Å². The molecule has 0 amide bonds. The largest absolute Gasteiger partial charge is 0.386 e. The molecule has 1 heterocycles. The molecule has 0 spiro atoms. The lowest BCUT2D eigenvalue weighted by Gasteiger charge is -2.12. The van der Waals surface area contributed by atoms with Gasteiger partial charge in [0.15, 0.2) is 9.84 Å². The van der Waals surface area contributed by atoms with Crippen LogP contribution >= 0.6 is 0 Å². The second-order valence-corrected chi connectivity index (χ2v) is 6.44. The van der Waals surface area contributed by atoms with Gasteiger partial charge in [-0.3, -0.25) is 0 Å². The molecular formula is C8H20N2O3S+2. The molecule has 6 heteroatoms. The molecule has 1 aliphatic rings. The van der Waals surface area contributed by atoms with Crippen LogP contribution in [0, 0.1) is 0 Å². The average molecular weight is 224 g/mol. The monoisotopic (exact) mass is 224 g/mol. The fourth-order valence-corrected chi connectivity index (χ4v) is 3.52. The third-order valence-corrected chi connectivity index (χ3v) is 4.22. The fraction of sp³-hybridized carbons (Fsp3) is 1.00. The fourth-order valence-electron chi connectivity index (χ4n) is 1.67. The molecule has 1 aliphatic heterocycles. The smallest absolute Gasteiger partial charge is 0.159 e. The Hall–Kier alpha value is -0.170. The quantitative estimate of drug-likeness (QED) is 0.454. The van der Waals surface area contributed by atoms with Gasteiger partial charge in [0.25, 0.3) is 0 Å². The minimum Gasteiger partial charge on any atom is -0.386 e. The molecule has 84 valence electrons.